The van der Waals surface area contributed by atoms with Gasteiger partial charge in [-0.3, -0.25) is 0 Å². The van der Waals surface area contributed by atoms with Crippen LogP contribution in [-0.4, -0.2) is 20.7 Å². The molecule has 1 aromatic carbocycles. The van der Waals surface area contributed by atoms with Crippen molar-refractivity contribution < 1.29 is 0 Å². The van der Waals surface area contributed by atoms with Gasteiger partial charge in [0.15, 0.2) is 0 Å². The molecule has 0 saturated carbocycles. The van der Waals surface area contributed by atoms with Crippen LogP contribution in [0.15, 0.2) is 41.5 Å². The van der Waals surface area contributed by atoms with Crippen molar-refractivity contribution in [2.75, 3.05) is 5.43 Å². The molecule has 25 heavy (non-hydrogen) atoms. The first-order valence-electron chi connectivity index (χ1n) is 8.39. The summed E-state index contributed by atoms with van der Waals surface area (Å²) in [5, 5.41) is 5.65. The number of thiazole rings is 1. The number of nitrogens with one attached hydrogen (secondary N) is 1. The van der Waals surface area contributed by atoms with Crippen LogP contribution in [0.25, 0.3) is 10.6 Å². The van der Waals surface area contributed by atoms with Crippen molar-refractivity contribution in [2.45, 2.75) is 33.1 Å². The van der Waals surface area contributed by atoms with Gasteiger partial charge in [-0.2, -0.15) is 5.10 Å². The van der Waals surface area contributed by atoms with Crippen molar-refractivity contribution in [3.63, 3.8) is 0 Å². The van der Waals surface area contributed by atoms with E-state index in [4.69, 9.17) is 4.98 Å². The SMILES string of the molecule is Cc1cc(C)nc(N/N=C2/CCCc3nc(-c4ccccc4)sc32)n1. The number of aryl methyl sites for hydroxylation is 3. The lowest BCUT2D eigenvalue weighted by molar-refractivity contribution is 0.819. The summed E-state index contributed by atoms with van der Waals surface area (Å²) in [4.78, 5) is 14.8. The van der Waals surface area contributed by atoms with E-state index in [1.54, 1.807) is 11.3 Å². The highest BCUT2D eigenvalue weighted by atomic mass is 32.1. The fourth-order valence-electron chi connectivity index (χ4n) is 2.99. The van der Waals surface area contributed by atoms with Crippen molar-refractivity contribution in [1.82, 2.24) is 15.0 Å². The maximum atomic E-state index is 4.83. The maximum absolute atomic E-state index is 4.83. The van der Waals surface area contributed by atoms with Gasteiger partial charge in [0.05, 0.1) is 16.3 Å². The average molecular weight is 349 g/mol. The summed E-state index contributed by atoms with van der Waals surface area (Å²) in [6, 6.07) is 12.3. The van der Waals surface area contributed by atoms with E-state index < -0.39 is 0 Å². The zero-order valence-electron chi connectivity index (χ0n) is 14.3. The molecule has 0 unspecified atom stereocenters. The van der Waals surface area contributed by atoms with Gasteiger partial charge >= 0.3 is 0 Å². The zero-order chi connectivity index (χ0) is 17.2. The Balaban J connectivity index is 1.64. The van der Waals surface area contributed by atoms with Crippen molar-refractivity contribution >= 4 is 23.0 Å². The van der Waals surface area contributed by atoms with Crippen LogP contribution in [0.1, 0.15) is 34.8 Å². The molecular formula is C19H19N5S. The first-order valence-corrected chi connectivity index (χ1v) is 9.21. The molecule has 3 aromatic rings. The standard InChI is InChI=1S/C19H19N5S/c1-12-11-13(2)21-19(20-12)24-23-16-10-6-9-15-17(16)25-18(22-15)14-7-4-3-5-8-14/h3-5,7-8,11H,6,9-10H2,1-2H3,(H,20,21,24)/b23-16-. The highest BCUT2D eigenvalue weighted by Crippen LogP contribution is 2.32. The Labute approximate surface area is 150 Å². The van der Waals surface area contributed by atoms with Gasteiger partial charge in [0.25, 0.3) is 0 Å². The highest BCUT2D eigenvalue weighted by Gasteiger charge is 2.21. The summed E-state index contributed by atoms with van der Waals surface area (Å²) in [5.74, 6) is 0.546. The second kappa shape index (κ2) is 6.72. The summed E-state index contributed by atoms with van der Waals surface area (Å²) in [6.45, 7) is 3.92. The van der Waals surface area contributed by atoms with Gasteiger partial charge in [-0.25, -0.2) is 20.4 Å². The smallest absolute Gasteiger partial charge is 0.243 e. The fraction of sp³-hybridized carbons (Fsp3) is 0.263. The predicted octanol–water partition coefficient (Wildman–Crippen LogP) is 4.37. The van der Waals surface area contributed by atoms with Crippen molar-refractivity contribution in [3.05, 3.63) is 58.4 Å². The van der Waals surface area contributed by atoms with Crippen molar-refractivity contribution in [3.8, 4) is 10.6 Å². The average Bonchev–Trinajstić information content (AvgIpc) is 3.05. The topological polar surface area (TPSA) is 63.1 Å². The number of benzene rings is 1. The van der Waals surface area contributed by atoms with Gasteiger partial charge in [-0.1, -0.05) is 30.3 Å². The van der Waals surface area contributed by atoms with E-state index in [1.165, 1.54) is 4.88 Å². The van der Waals surface area contributed by atoms with Crippen LogP contribution in [0.5, 0.6) is 0 Å². The summed E-state index contributed by atoms with van der Waals surface area (Å²) in [6.07, 6.45) is 3.03. The van der Waals surface area contributed by atoms with Crippen molar-refractivity contribution in [1.29, 1.82) is 0 Å². The normalized spacial score (nSPS) is 15.2. The number of fused-ring (bicyclic) bond motifs is 1. The zero-order valence-corrected chi connectivity index (χ0v) is 15.1. The van der Waals surface area contributed by atoms with E-state index in [-0.39, 0.29) is 0 Å². The second-order valence-electron chi connectivity index (χ2n) is 6.16. The molecule has 0 fully saturated rings. The summed E-state index contributed by atoms with van der Waals surface area (Å²) >= 11 is 1.72. The molecule has 1 aliphatic carbocycles. The Kier molecular flexibility index (Phi) is 4.28. The molecule has 0 aliphatic heterocycles. The molecule has 126 valence electrons. The Bertz CT molecular complexity index is 910. The molecule has 1 N–H and O–H groups in total. The molecule has 0 radical (unpaired) electrons. The molecule has 1 aliphatic rings. The fourth-order valence-corrected chi connectivity index (χ4v) is 4.12. The van der Waals surface area contributed by atoms with Crippen LogP contribution in [0, 0.1) is 13.8 Å². The number of rotatable bonds is 3. The second-order valence-corrected chi connectivity index (χ2v) is 7.16. The summed E-state index contributed by atoms with van der Waals surface area (Å²) in [5.41, 5.74) is 8.25. The van der Waals surface area contributed by atoms with E-state index in [0.717, 1.165) is 52.6 Å². The van der Waals surface area contributed by atoms with Gasteiger partial charge in [0, 0.05) is 17.0 Å². The van der Waals surface area contributed by atoms with Gasteiger partial charge in [0.2, 0.25) is 5.95 Å². The summed E-state index contributed by atoms with van der Waals surface area (Å²) < 4.78 is 0. The number of aromatic nitrogens is 3. The van der Waals surface area contributed by atoms with Crippen LogP contribution < -0.4 is 5.43 Å². The molecule has 0 bridgehead atoms. The molecule has 0 spiro atoms. The lowest BCUT2D eigenvalue weighted by Crippen LogP contribution is -2.12. The van der Waals surface area contributed by atoms with E-state index in [2.05, 4.69) is 32.6 Å². The number of hydrogen-bond acceptors (Lipinski definition) is 6. The number of hydrazone groups is 1. The Morgan fingerprint density at radius 1 is 1.00 bits per heavy atom. The minimum absolute atomic E-state index is 0.546. The van der Waals surface area contributed by atoms with Crippen LogP contribution in [-0.2, 0) is 6.42 Å². The van der Waals surface area contributed by atoms with Crippen LogP contribution in [0.2, 0.25) is 0 Å². The molecule has 4 rings (SSSR count). The van der Waals surface area contributed by atoms with Crippen LogP contribution in [0.3, 0.4) is 0 Å². The molecule has 2 aromatic heterocycles. The number of anilines is 1. The number of hydrogen-bond donors (Lipinski definition) is 1. The van der Waals surface area contributed by atoms with Gasteiger partial charge in [-0.05, 0) is 39.2 Å². The molecule has 0 amide bonds. The lowest BCUT2D eigenvalue weighted by Gasteiger charge is -2.12. The minimum Gasteiger partial charge on any atom is -0.245 e. The molecule has 6 heteroatoms. The van der Waals surface area contributed by atoms with E-state index in [1.807, 2.05) is 38.1 Å². The Hall–Kier alpha value is -2.60. The summed E-state index contributed by atoms with van der Waals surface area (Å²) in [7, 11) is 0. The quantitative estimate of drug-likeness (QED) is 0.713. The predicted molar refractivity (Wildman–Crippen MR) is 102 cm³/mol. The maximum Gasteiger partial charge on any atom is 0.243 e. The Morgan fingerprint density at radius 3 is 2.52 bits per heavy atom. The number of nitrogens with zero attached hydrogens (tertiary/aromatic N) is 4. The van der Waals surface area contributed by atoms with Crippen LogP contribution >= 0.6 is 11.3 Å². The van der Waals surface area contributed by atoms with E-state index >= 15 is 0 Å². The molecule has 0 atom stereocenters. The van der Waals surface area contributed by atoms with Crippen LogP contribution in [0.4, 0.5) is 5.95 Å². The monoisotopic (exact) mass is 349 g/mol. The van der Waals surface area contributed by atoms with Gasteiger partial charge < -0.3 is 0 Å². The van der Waals surface area contributed by atoms with Crippen molar-refractivity contribution in [2.24, 2.45) is 5.10 Å². The third-order valence-corrected chi connectivity index (χ3v) is 5.28. The largest absolute Gasteiger partial charge is 0.245 e. The van der Waals surface area contributed by atoms with E-state index in [9.17, 15) is 0 Å². The van der Waals surface area contributed by atoms with E-state index in [0.29, 0.717) is 5.95 Å². The lowest BCUT2D eigenvalue weighted by atomic mass is 10.0. The third kappa shape index (κ3) is 3.44. The molecule has 2 heterocycles. The van der Waals surface area contributed by atoms with Gasteiger partial charge in [-0.15, -0.1) is 11.3 Å². The van der Waals surface area contributed by atoms with Gasteiger partial charge in [0.1, 0.15) is 5.01 Å². The first-order chi connectivity index (χ1) is 12.2. The third-order valence-electron chi connectivity index (χ3n) is 4.08. The molecule has 0 saturated heterocycles. The molecule has 5 nitrogen and oxygen atoms in total. The molecular weight excluding hydrogens is 330 g/mol. The Morgan fingerprint density at radius 2 is 1.76 bits per heavy atom. The first kappa shape index (κ1) is 15.9. The minimum atomic E-state index is 0.546. The highest BCUT2D eigenvalue weighted by molar-refractivity contribution is 7.17.